The van der Waals surface area contributed by atoms with Gasteiger partial charge < -0.3 is 10.7 Å². The molecular weight excluding hydrogens is 246 g/mol. The number of nitrogens with one attached hydrogen (secondary N) is 2. The molecule has 0 saturated heterocycles. The molecule has 0 aliphatic rings. The Labute approximate surface area is 108 Å². The first-order valence-corrected chi connectivity index (χ1v) is 5.47. The van der Waals surface area contributed by atoms with Crippen molar-refractivity contribution in [2.75, 3.05) is 5.73 Å². The Bertz CT molecular complexity index is 691. The van der Waals surface area contributed by atoms with Gasteiger partial charge >= 0.3 is 0 Å². The lowest BCUT2D eigenvalue weighted by Gasteiger charge is -2.06. The average molecular weight is 257 g/mol. The fourth-order valence-electron chi connectivity index (χ4n) is 1.53. The molecule has 2 rings (SSSR count). The fraction of sp³-hybridized carbons (Fsp3) is 0. The number of aromatic nitrogens is 1. The summed E-state index contributed by atoms with van der Waals surface area (Å²) < 4.78 is 0. The van der Waals surface area contributed by atoms with Gasteiger partial charge in [-0.1, -0.05) is 12.1 Å². The number of pyridine rings is 1. The molecule has 1 aromatic carbocycles. The Hall–Kier alpha value is -2.89. The second-order valence-electron chi connectivity index (χ2n) is 3.81. The Morgan fingerprint density at radius 3 is 2.53 bits per heavy atom. The predicted octanol–water partition coefficient (Wildman–Crippen LogP) is 0.527. The lowest BCUT2D eigenvalue weighted by Crippen LogP contribution is -2.31. The predicted molar refractivity (Wildman–Crippen MR) is 69.7 cm³/mol. The van der Waals surface area contributed by atoms with Gasteiger partial charge in [0.2, 0.25) is 5.56 Å². The molecule has 1 aromatic heterocycles. The van der Waals surface area contributed by atoms with E-state index in [2.05, 4.69) is 10.3 Å². The number of anilines is 1. The Morgan fingerprint density at radius 1 is 1.11 bits per heavy atom. The van der Waals surface area contributed by atoms with Crippen molar-refractivity contribution in [3.8, 4) is 0 Å². The van der Waals surface area contributed by atoms with Gasteiger partial charge in [0.15, 0.2) is 0 Å². The van der Waals surface area contributed by atoms with Gasteiger partial charge in [-0.2, -0.15) is 0 Å². The number of nitrogens with two attached hydrogens (primary N) is 1. The van der Waals surface area contributed by atoms with E-state index >= 15 is 0 Å². The van der Waals surface area contributed by atoms with Gasteiger partial charge in [0, 0.05) is 23.5 Å². The largest absolute Gasteiger partial charge is 0.398 e. The van der Waals surface area contributed by atoms with Crippen LogP contribution in [0.4, 0.5) is 5.69 Å². The number of amides is 2. The molecule has 0 atom stereocenters. The van der Waals surface area contributed by atoms with Crippen molar-refractivity contribution in [2.45, 2.75) is 0 Å². The highest BCUT2D eigenvalue weighted by Crippen LogP contribution is 2.10. The van der Waals surface area contributed by atoms with Crippen LogP contribution in [0.3, 0.4) is 0 Å². The Morgan fingerprint density at radius 2 is 1.84 bits per heavy atom. The summed E-state index contributed by atoms with van der Waals surface area (Å²) in [7, 11) is 0. The molecule has 4 N–H and O–H groups in total. The van der Waals surface area contributed by atoms with Crippen LogP contribution in [0.15, 0.2) is 47.4 Å². The maximum atomic E-state index is 11.8. The van der Waals surface area contributed by atoms with E-state index in [9.17, 15) is 14.4 Å². The summed E-state index contributed by atoms with van der Waals surface area (Å²) in [6.07, 6.45) is 1.33. The summed E-state index contributed by atoms with van der Waals surface area (Å²) >= 11 is 0. The highest BCUT2D eigenvalue weighted by Gasteiger charge is 2.14. The number of carbonyl (C=O) groups excluding carboxylic acids is 2. The van der Waals surface area contributed by atoms with Crippen LogP contribution in [0, 0.1) is 0 Å². The zero-order valence-corrected chi connectivity index (χ0v) is 9.84. The molecule has 2 amide bonds. The van der Waals surface area contributed by atoms with Crippen molar-refractivity contribution in [3.63, 3.8) is 0 Å². The first kappa shape index (κ1) is 12.6. The summed E-state index contributed by atoms with van der Waals surface area (Å²) in [6.45, 7) is 0. The first-order chi connectivity index (χ1) is 9.08. The van der Waals surface area contributed by atoms with E-state index in [0.717, 1.165) is 6.07 Å². The number of rotatable bonds is 2. The number of aromatic amines is 1. The van der Waals surface area contributed by atoms with E-state index in [-0.39, 0.29) is 16.8 Å². The van der Waals surface area contributed by atoms with Crippen LogP contribution in [-0.2, 0) is 0 Å². The molecule has 0 aliphatic heterocycles. The molecule has 6 heteroatoms. The molecular formula is C13H11N3O3. The van der Waals surface area contributed by atoms with Crippen molar-refractivity contribution in [2.24, 2.45) is 0 Å². The third-order valence-corrected chi connectivity index (χ3v) is 2.47. The fourth-order valence-corrected chi connectivity index (χ4v) is 1.53. The van der Waals surface area contributed by atoms with E-state index in [4.69, 9.17) is 5.73 Å². The third kappa shape index (κ3) is 2.86. The first-order valence-electron chi connectivity index (χ1n) is 5.47. The molecule has 0 fully saturated rings. The molecule has 2 aromatic rings. The van der Waals surface area contributed by atoms with E-state index in [0.29, 0.717) is 0 Å². The minimum absolute atomic E-state index is 0.103. The molecule has 0 saturated carbocycles. The second-order valence-corrected chi connectivity index (χ2v) is 3.81. The van der Waals surface area contributed by atoms with Gasteiger partial charge in [0.25, 0.3) is 11.8 Å². The molecule has 0 aliphatic carbocycles. The normalized spacial score (nSPS) is 9.89. The van der Waals surface area contributed by atoms with Gasteiger partial charge in [-0.25, -0.2) is 0 Å². The summed E-state index contributed by atoms with van der Waals surface area (Å²) in [6, 6.07) is 8.91. The van der Waals surface area contributed by atoms with Crippen LogP contribution >= 0.6 is 0 Å². The quantitative estimate of drug-likeness (QED) is 0.539. The molecule has 19 heavy (non-hydrogen) atoms. The number of nitrogen functional groups attached to an aromatic ring is 1. The number of para-hydroxylation sites is 1. The minimum Gasteiger partial charge on any atom is -0.398 e. The molecule has 1 heterocycles. The number of carbonyl (C=O) groups is 2. The van der Waals surface area contributed by atoms with Crippen LogP contribution in [0.5, 0.6) is 0 Å². The topological polar surface area (TPSA) is 105 Å². The zero-order valence-electron chi connectivity index (χ0n) is 9.84. The maximum Gasteiger partial charge on any atom is 0.260 e. The summed E-state index contributed by atoms with van der Waals surface area (Å²) in [5, 5.41) is 2.17. The van der Waals surface area contributed by atoms with Crippen LogP contribution in [0.2, 0.25) is 0 Å². The zero-order chi connectivity index (χ0) is 13.8. The second kappa shape index (κ2) is 5.18. The summed E-state index contributed by atoms with van der Waals surface area (Å²) in [5.41, 5.74) is 5.80. The number of hydrogen-bond acceptors (Lipinski definition) is 4. The number of imide groups is 1. The number of H-pyrrole nitrogens is 1. The average Bonchev–Trinajstić information content (AvgIpc) is 2.39. The smallest absolute Gasteiger partial charge is 0.260 e. The lowest BCUT2D eigenvalue weighted by atomic mass is 10.1. The molecule has 6 nitrogen and oxygen atoms in total. The monoisotopic (exact) mass is 257 g/mol. The van der Waals surface area contributed by atoms with Crippen molar-refractivity contribution in [3.05, 3.63) is 64.1 Å². The van der Waals surface area contributed by atoms with Crippen molar-refractivity contribution >= 4 is 17.5 Å². The lowest BCUT2D eigenvalue weighted by molar-refractivity contribution is 0.0849. The summed E-state index contributed by atoms with van der Waals surface area (Å²) in [5.74, 6) is -1.26. The SMILES string of the molecule is Nc1ccccc1C(=O)NC(=O)c1cc[nH]c(=O)c1. The summed E-state index contributed by atoms with van der Waals surface area (Å²) in [4.78, 5) is 37.0. The van der Waals surface area contributed by atoms with Crippen LogP contribution in [-0.4, -0.2) is 16.8 Å². The molecule has 0 spiro atoms. The standard InChI is InChI=1S/C13H11N3O3/c14-10-4-2-1-3-9(10)13(19)16-12(18)8-5-6-15-11(17)7-8/h1-7H,14H2,(H,15,17)(H,16,18,19). The number of hydrogen-bond donors (Lipinski definition) is 3. The van der Waals surface area contributed by atoms with E-state index in [1.807, 2.05) is 0 Å². The highest BCUT2D eigenvalue weighted by molar-refractivity contribution is 6.12. The van der Waals surface area contributed by atoms with E-state index in [1.54, 1.807) is 18.2 Å². The highest BCUT2D eigenvalue weighted by atomic mass is 16.2. The van der Waals surface area contributed by atoms with Crippen molar-refractivity contribution in [1.29, 1.82) is 0 Å². The minimum atomic E-state index is -0.653. The van der Waals surface area contributed by atoms with Crippen molar-refractivity contribution < 1.29 is 9.59 Å². The van der Waals surface area contributed by atoms with Gasteiger partial charge in [-0.3, -0.25) is 19.7 Å². The van der Waals surface area contributed by atoms with E-state index in [1.165, 1.54) is 18.3 Å². The maximum absolute atomic E-state index is 11.8. The van der Waals surface area contributed by atoms with Gasteiger partial charge in [-0.15, -0.1) is 0 Å². The van der Waals surface area contributed by atoms with Crippen LogP contribution in [0.1, 0.15) is 20.7 Å². The molecule has 0 bridgehead atoms. The van der Waals surface area contributed by atoms with Crippen LogP contribution in [0.25, 0.3) is 0 Å². The molecule has 0 unspecified atom stereocenters. The van der Waals surface area contributed by atoms with Gasteiger partial charge in [0.05, 0.1) is 5.56 Å². The third-order valence-electron chi connectivity index (χ3n) is 2.47. The molecule has 0 radical (unpaired) electrons. The Kier molecular flexibility index (Phi) is 3.42. The molecule has 96 valence electrons. The Balaban J connectivity index is 2.18. The van der Waals surface area contributed by atoms with Gasteiger partial charge in [0.1, 0.15) is 0 Å². The van der Waals surface area contributed by atoms with Gasteiger partial charge in [-0.05, 0) is 18.2 Å². The van der Waals surface area contributed by atoms with Crippen molar-refractivity contribution in [1.82, 2.24) is 10.3 Å². The van der Waals surface area contributed by atoms with E-state index < -0.39 is 17.4 Å². The number of benzene rings is 1. The van der Waals surface area contributed by atoms with Crippen LogP contribution < -0.4 is 16.6 Å².